The van der Waals surface area contributed by atoms with Gasteiger partial charge < -0.3 is 15.1 Å². The molecular formula is C20H15ClN4O4. The number of hydrogen-bond acceptors (Lipinski definition) is 5. The number of para-hydroxylation sites is 1. The summed E-state index contributed by atoms with van der Waals surface area (Å²) in [6.45, 7) is 0. The minimum absolute atomic E-state index is 0.175. The maximum atomic E-state index is 12.5. The second-order valence-electron chi connectivity index (χ2n) is 5.68. The predicted molar refractivity (Wildman–Crippen MR) is 109 cm³/mol. The molecule has 0 aliphatic heterocycles. The number of hydrogen-bond donors (Lipinski definition) is 3. The molecule has 3 amide bonds. The second-order valence-corrected chi connectivity index (χ2v) is 6.11. The van der Waals surface area contributed by atoms with Gasteiger partial charge in [0.15, 0.2) is 0 Å². The molecule has 0 saturated heterocycles. The van der Waals surface area contributed by atoms with Gasteiger partial charge in [0.25, 0.3) is 5.91 Å². The van der Waals surface area contributed by atoms with Gasteiger partial charge in [-0.2, -0.15) is 5.10 Å². The molecule has 0 aliphatic carbocycles. The van der Waals surface area contributed by atoms with Crippen LogP contribution in [0.15, 0.2) is 76.4 Å². The summed E-state index contributed by atoms with van der Waals surface area (Å²) in [5.41, 5.74) is 2.97. The average molecular weight is 411 g/mol. The van der Waals surface area contributed by atoms with Crippen LogP contribution in [0.4, 0.5) is 11.4 Å². The lowest BCUT2D eigenvalue weighted by atomic mass is 10.1. The standard InChI is InChI=1S/C20H15ClN4O4/c21-13-7-9-14(10-8-13)23-18(26)16-5-1-2-6-17(16)24-19(27)20(28)25-22-12-15-4-3-11-29-15/h1-12H,(H,23,26)(H,24,27)(H,25,28)/b22-12+. The van der Waals surface area contributed by atoms with Crippen LogP contribution in [-0.4, -0.2) is 23.9 Å². The van der Waals surface area contributed by atoms with Crippen molar-refractivity contribution in [2.24, 2.45) is 5.10 Å². The molecule has 0 bridgehead atoms. The monoisotopic (exact) mass is 410 g/mol. The number of hydrazone groups is 1. The molecule has 0 fully saturated rings. The van der Waals surface area contributed by atoms with Gasteiger partial charge in [-0.15, -0.1) is 0 Å². The normalized spacial score (nSPS) is 10.5. The minimum atomic E-state index is -0.999. The van der Waals surface area contributed by atoms with E-state index in [1.165, 1.54) is 24.6 Å². The average Bonchev–Trinajstić information content (AvgIpc) is 3.23. The Morgan fingerprint density at radius 1 is 0.897 bits per heavy atom. The van der Waals surface area contributed by atoms with E-state index < -0.39 is 17.7 Å². The zero-order chi connectivity index (χ0) is 20.6. The van der Waals surface area contributed by atoms with Crippen molar-refractivity contribution in [3.63, 3.8) is 0 Å². The van der Waals surface area contributed by atoms with E-state index in [0.717, 1.165) is 0 Å². The number of nitrogens with one attached hydrogen (secondary N) is 3. The summed E-state index contributed by atoms with van der Waals surface area (Å²) in [5, 5.41) is 9.26. The van der Waals surface area contributed by atoms with E-state index in [-0.39, 0.29) is 11.3 Å². The number of rotatable bonds is 5. The molecule has 8 nitrogen and oxygen atoms in total. The van der Waals surface area contributed by atoms with Crippen molar-refractivity contribution in [3.05, 3.63) is 83.3 Å². The molecule has 9 heteroatoms. The number of carbonyl (C=O) groups excluding carboxylic acids is 3. The Hall–Kier alpha value is -3.91. The number of furan rings is 1. The van der Waals surface area contributed by atoms with Crippen molar-refractivity contribution in [2.75, 3.05) is 10.6 Å². The van der Waals surface area contributed by atoms with Crippen molar-refractivity contribution >= 4 is 46.9 Å². The second kappa shape index (κ2) is 9.34. The van der Waals surface area contributed by atoms with Crippen molar-refractivity contribution < 1.29 is 18.8 Å². The van der Waals surface area contributed by atoms with Crippen LogP contribution in [-0.2, 0) is 9.59 Å². The number of nitrogens with zero attached hydrogens (tertiary/aromatic N) is 1. The largest absolute Gasteiger partial charge is 0.463 e. The predicted octanol–water partition coefficient (Wildman–Crippen LogP) is 3.27. The molecule has 3 aromatic rings. The number of anilines is 2. The molecule has 1 aromatic heterocycles. The Labute approximate surface area is 170 Å². The van der Waals surface area contributed by atoms with Crippen LogP contribution in [0.25, 0.3) is 0 Å². The number of halogens is 1. The van der Waals surface area contributed by atoms with E-state index in [9.17, 15) is 14.4 Å². The van der Waals surface area contributed by atoms with Gasteiger partial charge in [-0.05, 0) is 48.5 Å². The highest BCUT2D eigenvalue weighted by molar-refractivity contribution is 6.40. The maximum absolute atomic E-state index is 12.5. The lowest BCUT2D eigenvalue weighted by Gasteiger charge is -2.11. The Balaban J connectivity index is 1.64. The number of carbonyl (C=O) groups is 3. The van der Waals surface area contributed by atoms with Crippen LogP contribution in [0, 0.1) is 0 Å². The van der Waals surface area contributed by atoms with Gasteiger partial charge in [-0.25, -0.2) is 5.43 Å². The van der Waals surface area contributed by atoms with E-state index in [2.05, 4.69) is 21.2 Å². The third-order valence-electron chi connectivity index (χ3n) is 3.63. The molecule has 0 aliphatic rings. The zero-order valence-corrected chi connectivity index (χ0v) is 15.6. The molecule has 0 atom stereocenters. The van der Waals surface area contributed by atoms with Crippen molar-refractivity contribution in [1.29, 1.82) is 0 Å². The SMILES string of the molecule is O=C(N/N=C/c1ccco1)C(=O)Nc1ccccc1C(=O)Nc1ccc(Cl)cc1. The third-order valence-corrected chi connectivity index (χ3v) is 3.88. The smallest absolute Gasteiger partial charge is 0.329 e. The van der Waals surface area contributed by atoms with Gasteiger partial charge in [-0.3, -0.25) is 14.4 Å². The van der Waals surface area contributed by atoms with Crippen LogP contribution in [0.3, 0.4) is 0 Å². The van der Waals surface area contributed by atoms with Crippen molar-refractivity contribution in [3.8, 4) is 0 Å². The van der Waals surface area contributed by atoms with E-state index in [0.29, 0.717) is 16.5 Å². The van der Waals surface area contributed by atoms with Crippen molar-refractivity contribution in [1.82, 2.24) is 5.43 Å². The lowest BCUT2D eigenvalue weighted by Crippen LogP contribution is -2.33. The molecule has 3 rings (SSSR count). The van der Waals surface area contributed by atoms with Gasteiger partial charge >= 0.3 is 11.8 Å². The van der Waals surface area contributed by atoms with Crippen LogP contribution in [0.5, 0.6) is 0 Å². The van der Waals surface area contributed by atoms with Crippen molar-refractivity contribution in [2.45, 2.75) is 0 Å². The molecule has 2 aromatic carbocycles. The molecule has 0 radical (unpaired) electrons. The van der Waals surface area contributed by atoms with Gasteiger partial charge in [0, 0.05) is 10.7 Å². The zero-order valence-electron chi connectivity index (χ0n) is 14.9. The van der Waals surface area contributed by atoms with Gasteiger partial charge in [0.2, 0.25) is 0 Å². The molecule has 0 unspecified atom stereocenters. The maximum Gasteiger partial charge on any atom is 0.329 e. The summed E-state index contributed by atoms with van der Waals surface area (Å²) in [5.74, 6) is -2.02. The quantitative estimate of drug-likeness (QED) is 0.340. The van der Waals surface area contributed by atoms with E-state index in [4.69, 9.17) is 16.0 Å². The highest BCUT2D eigenvalue weighted by Crippen LogP contribution is 2.19. The van der Waals surface area contributed by atoms with E-state index in [1.54, 1.807) is 48.5 Å². The number of benzene rings is 2. The first kappa shape index (κ1) is 19.8. The summed E-state index contributed by atoms with van der Waals surface area (Å²) in [4.78, 5) is 36.6. The first-order valence-corrected chi connectivity index (χ1v) is 8.74. The molecular weight excluding hydrogens is 396 g/mol. The molecule has 1 heterocycles. The summed E-state index contributed by atoms with van der Waals surface area (Å²) >= 11 is 5.83. The highest BCUT2D eigenvalue weighted by atomic mass is 35.5. The molecule has 0 spiro atoms. The summed E-state index contributed by atoms with van der Waals surface area (Å²) in [7, 11) is 0. The van der Waals surface area contributed by atoms with Gasteiger partial charge in [-0.1, -0.05) is 23.7 Å². The van der Waals surface area contributed by atoms with Crippen LogP contribution in [0.1, 0.15) is 16.1 Å². The Morgan fingerprint density at radius 2 is 1.66 bits per heavy atom. The fourth-order valence-electron chi connectivity index (χ4n) is 2.27. The third kappa shape index (κ3) is 5.53. The number of amides is 3. The fourth-order valence-corrected chi connectivity index (χ4v) is 2.40. The van der Waals surface area contributed by atoms with E-state index in [1.807, 2.05) is 0 Å². The molecule has 29 heavy (non-hydrogen) atoms. The summed E-state index contributed by atoms with van der Waals surface area (Å²) in [6.07, 6.45) is 2.70. The molecule has 0 saturated carbocycles. The van der Waals surface area contributed by atoms with Crippen LogP contribution >= 0.6 is 11.6 Å². The Kier molecular flexibility index (Phi) is 6.39. The van der Waals surface area contributed by atoms with Gasteiger partial charge in [0.1, 0.15) is 5.76 Å². The molecule has 3 N–H and O–H groups in total. The first-order valence-electron chi connectivity index (χ1n) is 8.37. The first-order chi connectivity index (χ1) is 14.0. The van der Waals surface area contributed by atoms with Crippen LogP contribution < -0.4 is 16.1 Å². The van der Waals surface area contributed by atoms with Crippen LogP contribution in [0.2, 0.25) is 5.02 Å². The lowest BCUT2D eigenvalue weighted by molar-refractivity contribution is -0.136. The summed E-state index contributed by atoms with van der Waals surface area (Å²) in [6, 6.07) is 16.1. The minimum Gasteiger partial charge on any atom is -0.463 e. The topological polar surface area (TPSA) is 113 Å². The molecule has 146 valence electrons. The Bertz CT molecular complexity index is 1050. The fraction of sp³-hybridized carbons (Fsp3) is 0. The Morgan fingerprint density at radius 3 is 2.38 bits per heavy atom. The summed E-state index contributed by atoms with van der Waals surface area (Å²) < 4.78 is 5.02. The van der Waals surface area contributed by atoms with E-state index >= 15 is 0 Å². The van der Waals surface area contributed by atoms with Gasteiger partial charge in [0.05, 0.1) is 23.7 Å². The highest BCUT2D eigenvalue weighted by Gasteiger charge is 2.17.